The molecule has 7 heteroatoms. The SMILES string of the molecule is O=C(NN=Cc1cn(Cc2ccccc2)c2ccccc12)c1ccc([N+](=O)[O-])cc1. The lowest BCUT2D eigenvalue weighted by Gasteiger charge is -2.05. The molecule has 0 radical (unpaired) electrons. The van der Waals surface area contributed by atoms with Gasteiger partial charge in [0.05, 0.1) is 11.1 Å². The van der Waals surface area contributed by atoms with Crippen LogP contribution >= 0.6 is 0 Å². The molecule has 1 aromatic heterocycles. The largest absolute Gasteiger partial charge is 0.342 e. The van der Waals surface area contributed by atoms with E-state index in [1.807, 2.05) is 48.7 Å². The van der Waals surface area contributed by atoms with Crippen LogP contribution in [0, 0.1) is 10.1 Å². The Bertz CT molecular complexity index is 1230. The molecule has 1 heterocycles. The molecule has 0 fully saturated rings. The number of hydrogen-bond donors (Lipinski definition) is 1. The number of nitro groups is 1. The third kappa shape index (κ3) is 4.10. The minimum Gasteiger partial charge on any atom is -0.342 e. The smallest absolute Gasteiger partial charge is 0.271 e. The monoisotopic (exact) mass is 398 g/mol. The molecule has 0 bridgehead atoms. The number of para-hydroxylation sites is 1. The van der Waals surface area contributed by atoms with Gasteiger partial charge in [0, 0.05) is 46.9 Å². The van der Waals surface area contributed by atoms with Crippen molar-refractivity contribution in [3.05, 3.63) is 112 Å². The van der Waals surface area contributed by atoms with Gasteiger partial charge >= 0.3 is 0 Å². The number of carbonyl (C=O) groups is 1. The molecule has 7 nitrogen and oxygen atoms in total. The van der Waals surface area contributed by atoms with Crippen LogP contribution in [0.25, 0.3) is 10.9 Å². The van der Waals surface area contributed by atoms with Crippen LogP contribution < -0.4 is 5.43 Å². The predicted molar refractivity (Wildman–Crippen MR) is 116 cm³/mol. The Labute approximate surface area is 172 Å². The van der Waals surface area contributed by atoms with E-state index in [2.05, 4.69) is 27.2 Å². The van der Waals surface area contributed by atoms with Crippen molar-refractivity contribution in [1.82, 2.24) is 9.99 Å². The van der Waals surface area contributed by atoms with Crippen molar-refractivity contribution in [1.29, 1.82) is 0 Å². The fourth-order valence-electron chi connectivity index (χ4n) is 3.25. The van der Waals surface area contributed by atoms with E-state index in [9.17, 15) is 14.9 Å². The van der Waals surface area contributed by atoms with E-state index in [1.165, 1.54) is 29.8 Å². The molecular formula is C23H18N4O3. The summed E-state index contributed by atoms with van der Waals surface area (Å²) in [5.74, 6) is -0.436. The Morgan fingerprint density at radius 2 is 1.70 bits per heavy atom. The van der Waals surface area contributed by atoms with Gasteiger partial charge < -0.3 is 4.57 Å². The van der Waals surface area contributed by atoms with E-state index in [1.54, 1.807) is 6.21 Å². The van der Waals surface area contributed by atoms with Crippen molar-refractivity contribution in [2.45, 2.75) is 6.54 Å². The van der Waals surface area contributed by atoms with Crippen LogP contribution in [0.1, 0.15) is 21.5 Å². The van der Waals surface area contributed by atoms with Crippen molar-refractivity contribution >= 4 is 28.7 Å². The highest BCUT2D eigenvalue weighted by molar-refractivity contribution is 6.00. The average Bonchev–Trinajstić information content (AvgIpc) is 3.12. The van der Waals surface area contributed by atoms with E-state index in [4.69, 9.17) is 0 Å². The highest BCUT2D eigenvalue weighted by atomic mass is 16.6. The number of nitro benzene ring substituents is 1. The predicted octanol–water partition coefficient (Wildman–Crippen LogP) is 4.36. The lowest BCUT2D eigenvalue weighted by molar-refractivity contribution is -0.384. The average molecular weight is 398 g/mol. The first-order chi connectivity index (χ1) is 14.6. The summed E-state index contributed by atoms with van der Waals surface area (Å²) in [6.07, 6.45) is 3.60. The zero-order chi connectivity index (χ0) is 20.9. The second kappa shape index (κ2) is 8.40. The molecule has 148 valence electrons. The number of non-ortho nitro benzene ring substituents is 1. The van der Waals surface area contributed by atoms with Crippen molar-refractivity contribution < 1.29 is 9.72 Å². The van der Waals surface area contributed by atoms with E-state index in [0.29, 0.717) is 5.56 Å². The van der Waals surface area contributed by atoms with Gasteiger partial charge in [-0.25, -0.2) is 5.43 Å². The van der Waals surface area contributed by atoms with Crippen molar-refractivity contribution in [2.24, 2.45) is 5.10 Å². The van der Waals surface area contributed by atoms with Crippen LogP contribution in [0.5, 0.6) is 0 Å². The molecule has 0 spiro atoms. The first-order valence-corrected chi connectivity index (χ1v) is 9.31. The molecule has 0 atom stereocenters. The molecule has 0 saturated heterocycles. The van der Waals surface area contributed by atoms with Crippen molar-refractivity contribution in [3.63, 3.8) is 0 Å². The zero-order valence-electron chi connectivity index (χ0n) is 15.9. The first kappa shape index (κ1) is 19.1. The van der Waals surface area contributed by atoms with E-state index >= 15 is 0 Å². The van der Waals surface area contributed by atoms with Gasteiger partial charge in [0.1, 0.15) is 0 Å². The maximum absolute atomic E-state index is 12.2. The molecule has 0 saturated carbocycles. The molecule has 1 amide bonds. The summed E-state index contributed by atoms with van der Waals surface area (Å²) in [5, 5.41) is 15.8. The lowest BCUT2D eigenvalue weighted by Crippen LogP contribution is -2.17. The lowest BCUT2D eigenvalue weighted by atomic mass is 10.2. The van der Waals surface area contributed by atoms with Gasteiger partial charge in [0.15, 0.2) is 0 Å². The third-order valence-corrected chi connectivity index (χ3v) is 4.73. The molecule has 4 aromatic rings. The Hall–Kier alpha value is -4.26. The topological polar surface area (TPSA) is 89.5 Å². The third-order valence-electron chi connectivity index (χ3n) is 4.73. The van der Waals surface area contributed by atoms with E-state index in [0.717, 1.165) is 23.0 Å². The summed E-state index contributed by atoms with van der Waals surface area (Å²) in [5.41, 5.74) is 5.84. The summed E-state index contributed by atoms with van der Waals surface area (Å²) < 4.78 is 2.14. The molecule has 0 aliphatic carbocycles. The number of nitrogens with zero attached hydrogens (tertiary/aromatic N) is 3. The Morgan fingerprint density at radius 1 is 1.00 bits per heavy atom. The number of benzene rings is 3. The highest BCUT2D eigenvalue weighted by Gasteiger charge is 2.10. The molecule has 0 aliphatic rings. The Balaban J connectivity index is 1.52. The minimum atomic E-state index is -0.509. The minimum absolute atomic E-state index is 0.0683. The fourth-order valence-corrected chi connectivity index (χ4v) is 3.25. The summed E-state index contributed by atoms with van der Waals surface area (Å²) in [4.78, 5) is 22.4. The van der Waals surface area contributed by atoms with Crippen LogP contribution in [0.2, 0.25) is 0 Å². The van der Waals surface area contributed by atoms with Gasteiger partial charge in [0.2, 0.25) is 0 Å². The molecule has 4 rings (SSSR count). The maximum atomic E-state index is 12.2. The number of fused-ring (bicyclic) bond motifs is 1. The van der Waals surface area contributed by atoms with Gasteiger partial charge in [-0.3, -0.25) is 14.9 Å². The van der Waals surface area contributed by atoms with Gasteiger partial charge in [-0.1, -0.05) is 48.5 Å². The van der Waals surface area contributed by atoms with Crippen LogP contribution in [-0.4, -0.2) is 21.6 Å². The molecular weight excluding hydrogens is 380 g/mol. The number of nitrogens with one attached hydrogen (secondary N) is 1. The summed E-state index contributed by atoms with van der Waals surface area (Å²) in [6.45, 7) is 0.727. The molecule has 0 aliphatic heterocycles. The Kier molecular flexibility index (Phi) is 5.34. The summed E-state index contributed by atoms with van der Waals surface area (Å²) >= 11 is 0. The standard InChI is InChI=1S/C23H18N4O3/c28-23(18-10-12-20(13-11-18)27(29)30)25-24-14-19-16-26(15-17-6-2-1-3-7-17)22-9-5-4-8-21(19)22/h1-14,16H,15H2,(H,25,28). The summed E-state index contributed by atoms with van der Waals surface area (Å²) in [7, 11) is 0. The maximum Gasteiger partial charge on any atom is 0.271 e. The number of carbonyl (C=O) groups excluding carboxylic acids is 1. The number of amides is 1. The van der Waals surface area contributed by atoms with Gasteiger partial charge in [-0.2, -0.15) is 5.10 Å². The second-order valence-corrected chi connectivity index (χ2v) is 6.72. The van der Waals surface area contributed by atoms with Crippen molar-refractivity contribution in [3.8, 4) is 0 Å². The Morgan fingerprint density at radius 3 is 2.43 bits per heavy atom. The number of hydrazone groups is 1. The van der Waals surface area contributed by atoms with Gasteiger partial charge in [0.25, 0.3) is 11.6 Å². The molecule has 1 N–H and O–H groups in total. The van der Waals surface area contributed by atoms with Crippen LogP contribution in [-0.2, 0) is 6.54 Å². The van der Waals surface area contributed by atoms with Gasteiger partial charge in [-0.15, -0.1) is 0 Å². The van der Waals surface area contributed by atoms with E-state index < -0.39 is 10.8 Å². The molecule has 0 unspecified atom stereocenters. The quantitative estimate of drug-likeness (QED) is 0.297. The second-order valence-electron chi connectivity index (χ2n) is 6.72. The van der Waals surface area contributed by atoms with Crippen LogP contribution in [0.3, 0.4) is 0 Å². The first-order valence-electron chi connectivity index (χ1n) is 9.31. The van der Waals surface area contributed by atoms with Gasteiger partial charge in [-0.05, 0) is 23.8 Å². The van der Waals surface area contributed by atoms with Crippen LogP contribution in [0.15, 0.2) is 90.2 Å². The zero-order valence-corrected chi connectivity index (χ0v) is 15.9. The fraction of sp³-hybridized carbons (Fsp3) is 0.0435. The van der Waals surface area contributed by atoms with E-state index in [-0.39, 0.29) is 5.69 Å². The number of hydrogen-bond acceptors (Lipinski definition) is 4. The summed E-state index contributed by atoms with van der Waals surface area (Å²) in [6, 6.07) is 23.5. The molecule has 3 aromatic carbocycles. The highest BCUT2D eigenvalue weighted by Crippen LogP contribution is 2.21. The number of rotatable bonds is 6. The number of aromatic nitrogens is 1. The van der Waals surface area contributed by atoms with Crippen molar-refractivity contribution in [2.75, 3.05) is 0 Å². The van der Waals surface area contributed by atoms with Crippen LogP contribution in [0.4, 0.5) is 5.69 Å². The molecule has 30 heavy (non-hydrogen) atoms. The normalized spacial score (nSPS) is 11.1.